The molecule has 1 saturated heterocycles. The van der Waals surface area contributed by atoms with Crippen molar-refractivity contribution in [2.45, 2.75) is 19.9 Å². The molecular weight excluding hydrogens is 310 g/mol. The minimum atomic E-state index is -0.107. The molecular formula is C13H18BrN3O2. The van der Waals surface area contributed by atoms with Gasteiger partial charge in [-0.2, -0.15) is 0 Å². The van der Waals surface area contributed by atoms with E-state index in [0.717, 1.165) is 30.5 Å². The molecule has 1 aliphatic rings. The Bertz CT molecular complexity index is 519. The second-order valence-corrected chi connectivity index (χ2v) is 5.67. The molecule has 0 aliphatic carbocycles. The molecule has 5 nitrogen and oxygen atoms in total. The minimum absolute atomic E-state index is 0.00306. The van der Waals surface area contributed by atoms with Gasteiger partial charge in [-0.25, -0.2) is 0 Å². The SMILES string of the molecule is Cc1cc(Br)cn(CC(=O)N2CCCNCC2)c1=O. The Labute approximate surface area is 120 Å². The van der Waals surface area contributed by atoms with Gasteiger partial charge in [-0.15, -0.1) is 0 Å². The molecule has 2 heterocycles. The topological polar surface area (TPSA) is 54.3 Å². The maximum Gasteiger partial charge on any atom is 0.253 e. The Hall–Kier alpha value is -1.14. The molecule has 19 heavy (non-hydrogen) atoms. The van der Waals surface area contributed by atoms with Crippen LogP contribution in [0.1, 0.15) is 12.0 Å². The van der Waals surface area contributed by atoms with Gasteiger partial charge in [-0.3, -0.25) is 9.59 Å². The largest absolute Gasteiger partial charge is 0.340 e. The average Bonchev–Trinajstić information content (AvgIpc) is 2.64. The van der Waals surface area contributed by atoms with Gasteiger partial charge in [0.1, 0.15) is 6.54 Å². The predicted octanol–water partition coefficient (Wildman–Crippen LogP) is 0.741. The Morgan fingerprint density at radius 1 is 1.42 bits per heavy atom. The number of carbonyl (C=O) groups excluding carboxylic acids is 1. The summed E-state index contributed by atoms with van der Waals surface area (Å²) < 4.78 is 2.29. The number of halogens is 1. The lowest BCUT2D eigenvalue weighted by Gasteiger charge is -2.20. The van der Waals surface area contributed by atoms with E-state index in [1.807, 2.05) is 4.90 Å². The number of aryl methyl sites for hydroxylation is 1. The summed E-state index contributed by atoms with van der Waals surface area (Å²) >= 11 is 3.35. The number of nitrogens with zero attached hydrogens (tertiary/aromatic N) is 2. The number of aromatic nitrogens is 1. The lowest BCUT2D eigenvalue weighted by atomic mass is 10.3. The molecule has 0 bridgehead atoms. The zero-order chi connectivity index (χ0) is 13.8. The van der Waals surface area contributed by atoms with E-state index in [1.54, 1.807) is 19.2 Å². The van der Waals surface area contributed by atoms with Crippen molar-refractivity contribution < 1.29 is 4.79 Å². The fraction of sp³-hybridized carbons (Fsp3) is 0.538. The third-order valence-corrected chi connectivity index (χ3v) is 3.66. The lowest BCUT2D eigenvalue weighted by molar-refractivity contribution is -0.131. The van der Waals surface area contributed by atoms with Crippen LogP contribution in [0.2, 0.25) is 0 Å². The normalized spacial score (nSPS) is 16.2. The quantitative estimate of drug-likeness (QED) is 0.871. The molecule has 0 aromatic carbocycles. The molecule has 1 fully saturated rings. The molecule has 0 unspecified atom stereocenters. The molecule has 1 N–H and O–H groups in total. The Morgan fingerprint density at radius 2 is 2.21 bits per heavy atom. The van der Waals surface area contributed by atoms with Crippen LogP contribution in [0.5, 0.6) is 0 Å². The van der Waals surface area contributed by atoms with Gasteiger partial charge in [0.05, 0.1) is 0 Å². The van der Waals surface area contributed by atoms with Crippen LogP contribution in [-0.2, 0) is 11.3 Å². The summed E-state index contributed by atoms with van der Waals surface area (Å²) in [5, 5.41) is 3.26. The van der Waals surface area contributed by atoms with Gasteiger partial charge in [0.15, 0.2) is 0 Å². The van der Waals surface area contributed by atoms with Gasteiger partial charge < -0.3 is 14.8 Å². The van der Waals surface area contributed by atoms with Crippen molar-refractivity contribution in [2.75, 3.05) is 26.2 Å². The number of carbonyl (C=O) groups is 1. The maximum atomic E-state index is 12.2. The van der Waals surface area contributed by atoms with Crippen molar-refractivity contribution in [2.24, 2.45) is 0 Å². The van der Waals surface area contributed by atoms with E-state index in [0.29, 0.717) is 12.1 Å². The number of pyridine rings is 1. The summed E-state index contributed by atoms with van der Waals surface area (Å²) in [6.45, 7) is 5.09. The first kappa shape index (κ1) is 14.3. The van der Waals surface area contributed by atoms with Crippen LogP contribution in [-0.4, -0.2) is 41.6 Å². The van der Waals surface area contributed by atoms with E-state index in [-0.39, 0.29) is 18.0 Å². The van der Waals surface area contributed by atoms with E-state index in [9.17, 15) is 9.59 Å². The monoisotopic (exact) mass is 327 g/mol. The van der Waals surface area contributed by atoms with Crippen LogP contribution in [0.25, 0.3) is 0 Å². The van der Waals surface area contributed by atoms with Crippen LogP contribution in [0.3, 0.4) is 0 Å². The van der Waals surface area contributed by atoms with Crippen LogP contribution in [0, 0.1) is 6.92 Å². The number of hydrogen-bond acceptors (Lipinski definition) is 3. The van der Waals surface area contributed by atoms with Crippen molar-refractivity contribution in [3.05, 3.63) is 32.7 Å². The Morgan fingerprint density at radius 3 is 3.00 bits per heavy atom. The molecule has 0 radical (unpaired) electrons. The summed E-state index contributed by atoms with van der Waals surface area (Å²) in [6.07, 6.45) is 2.63. The molecule has 0 saturated carbocycles. The molecule has 104 valence electrons. The molecule has 0 spiro atoms. The summed E-state index contributed by atoms with van der Waals surface area (Å²) in [6, 6.07) is 1.76. The van der Waals surface area contributed by atoms with E-state index >= 15 is 0 Å². The molecule has 6 heteroatoms. The minimum Gasteiger partial charge on any atom is -0.340 e. The van der Waals surface area contributed by atoms with Crippen molar-refractivity contribution in [1.82, 2.24) is 14.8 Å². The zero-order valence-electron chi connectivity index (χ0n) is 11.0. The van der Waals surface area contributed by atoms with Gasteiger partial charge in [0, 0.05) is 35.9 Å². The van der Waals surface area contributed by atoms with Gasteiger partial charge in [0.2, 0.25) is 5.91 Å². The van der Waals surface area contributed by atoms with E-state index in [4.69, 9.17) is 0 Å². The smallest absolute Gasteiger partial charge is 0.253 e. The standard InChI is InChI=1S/C13H18BrN3O2/c1-10-7-11(14)8-17(13(10)19)9-12(18)16-5-2-3-15-4-6-16/h7-8,15H,2-6,9H2,1H3. The number of hydrogen-bond donors (Lipinski definition) is 1. The van der Waals surface area contributed by atoms with E-state index in [1.165, 1.54) is 4.57 Å². The van der Waals surface area contributed by atoms with E-state index in [2.05, 4.69) is 21.2 Å². The average molecular weight is 328 g/mol. The first-order chi connectivity index (χ1) is 9.08. The number of rotatable bonds is 2. The highest BCUT2D eigenvalue weighted by Gasteiger charge is 2.16. The number of nitrogens with one attached hydrogen (secondary N) is 1. The third kappa shape index (κ3) is 3.67. The molecule has 1 aliphatic heterocycles. The van der Waals surface area contributed by atoms with Crippen molar-refractivity contribution >= 4 is 21.8 Å². The van der Waals surface area contributed by atoms with Crippen LogP contribution in [0.4, 0.5) is 0 Å². The third-order valence-electron chi connectivity index (χ3n) is 3.23. The first-order valence-electron chi connectivity index (χ1n) is 6.43. The molecule has 1 aromatic rings. The maximum absolute atomic E-state index is 12.2. The van der Waals surface area contributed by atoms with Gasteiger partial charge >= 0.3 is 0 Å². The van der Waals surface area contributed by atoms with Crippen molar-refractivity contribution in [3.8, 4) is 0 Å². The van der Waals surface area contributed by atoms with Gasteiger partial charge in [-0.1, -0.05) is 0 Å². The Kier molecular flexibility index (Phi) is 4.76. The van der Waals surface area contributed by atoms with Gasteiger partial charge in [-0.05, 0) is 41.9 Å². The molecule has 1 aromatic heterocycles. The first-order valence-corrected chi connectivity index (χ1v) is 7.22. The fourth-order valence-corrected chi connectivity index (χ4v) is 2.79. The van der Waals surface area contributed by atoms with Crippen LogP contribution in [0.15, 0.2) is 21.5 Å². The van der Waals surface area contributed by atoms with Gasteiger partial charge in [0.25, 0.3) is 5.56 Å². The molecule has 0 atom stereocenters. The summed E-state index contributed by atoms with van der Waals surface area (Å²) in [7, 11) is 0. The second kappa shape index (κ2) is 6.34. The van der Waals surface area contributed by atoms with E-state index < -0.39 is 0 Å². The highest BCUT2D eigenvalue weighted by Crippen LogP contribution is 2.08. The van der Waals surface area contributed by atoms with Crippen LogP contribution < -0.4 is 10.9 Å². The summed E-state index contributed by atoms with van der Waals surface area (Å²) in [5.74, 6) is 0.00306. The highest BCUT2D eigenvalue weighted by atomic mass is 79.9. The fourth-order valence-electron chi connectivity index (χ4n) is 2.20. The summed E-state index contributed by atoms with van der Waals surface area (Å²) in [4.78, 5) is 26.0. The van der Waals surface area contributed by atoms with Crippen molar-refractivity contribution in [3.63, 3.8) is 0 Å². The summed E-state index contributed by atoms with van der Waals surface area (Å²) in [5.41, 5.74) is 0.532. The molecule has 2 rings (SSSR count). The number of amides is 1. The predicted molar refractivity (Wildman–Crippen MR) is 77.2 cm³/mol. The molecule has 1 amide bonds. The zero-order valence-corrected chi connectivity index (χ0v) is 12.6. The van der Waals surface area contributed by atoms with Crippen molar-refractivity contribution in [1.29, 1.82) is 0 Å². The Balaban J connectivity index is 2.12. The van der Waals surface area contributed by atoms with Crippen LogP contribution >= 0.6 is 15.9 Å². The highest BCUT2D eigenvalue weighted by molar-refractivity contribution is 9.10. The second-order valence-electron chi connectivity index (χ2n) is 4.76. The lowest BCUT2D eigenvalue weighted by Crippen LogP contribution is -2.38.